The molecule has 0 spiro atoms. The topological polar surface area (TPSA) is 12.0 Å². The molecule has 1 aromatic carbocycles. The van der Waals surface area contributed by atoms with E-state index in [-0.39, 0.29) is 0 Å². The standard InChI is InChI=1S/C15H25N/c1-5-15(6-2,12-16-7-3)14-10-8-13(4)9-11-14/h8-11,16H,5-7,12H2,1-4H3. The lowest BCUT2D eigenvalue weighted by Gasteiger charge is -2.32. The second-order valence-corrected chi connectivity index (χ2v) is 4.63. The molecule has 0 saturated carbocycles. The normalized spacial score (nSPS) is 11.8. The molecule has 0 aliphatic heterocycles. The van der Waals surface area contributed by atoms with E-state index in [1.807, 2.05) is 0 Å². The highest BCUT2D eigenvalue weighted by Gasteiger charge is 2.27. The van der Waals surface area contributed by atoms with Crippen molar-refractivity contribution < 1.29 is 0 Å². The van der Waals surface area contributed by atoms with Crippen LogP contribution in [0.4, 0.5) is 0 Å². The van der Waals surface area contributed by atoms with Crippen molar-refractivity contribution in [2.24, 2.45) is 0 Å². The Kier molecular flexibility index (Phi) is 5.01. The van der Waals surface area contributed by atoms with E-state index in [1.54, 1.807) is 0 Å². The summed E-state index contributed by atoms with van der Waals surface area (Å²) in [7, 11) is 0. The Morgan fingerprint density at radius 2 is 1.56 bits per heavy atom. The molecule has 0 saturated heterocycles. The Morgan fingerprint density at radius 1 is 1.00 bits per heavy atom. The Balaban J connectivity index is 2.95. The summed E-state index contributed by atoms with van der Waals surface area (Å²) >= 11 is 0. The maximum Gasteiger partial charge on any atom is 0.00725 e. The highest BCUT2D eigenvalue weighted by Crippen LogP contribution is 2.31. The van der Waals surface area contributed by atoms with Crippen molar-refractivity contribution in [3.63, 3.8) is 0 Å². The van der Waals surface area contributed by atoms with Crippen molar-refractivity contribution in [3.8, 4) is 0 Å². The number of rotatable bonds is 6. The zero-order chi connectivity index (χ0) is 12.0. The average molecular weight is 219 g/mol. The second-order valence-electron chi connectivity index (χ2n) is 4.63. The van der Waals surface area contributed by atoms with Crippen molar-refractivity contribution in [2.45, 2.75) is 46.0 Å². The molecule has 1 rings (SSSR count). The summed E-state index contributed by atoms with van der Waals surface area (Å²) in [5.74, 6) is 0. The molecule has 16 heavy (non-hydrogen) atoms. The summed E-state index contributed by atoms with van der Waals surface area (Å²) in [6.45, 7) is 11.0. The number of hydrogen-bond donors (Lipinski definition) is 1. The highest BCUT2D eigenvalue weighted by molar-refractivity contribution is 5.29. The van der Waals surface area contributed by atoms with Crippen molar-refractivity contribution in [1.82, 2.24) is 5.32 Å². The van der Waals surface area contributed by atoms with E-state index in [2.05, 4.69) is 57.3 Å². The second kappa shape index (κ2) is 6.05. The SMILES string of the molecule is CCNCC(CC)(CC)c1ccc(C)cc1. The fourth-order valence-electron chi connectivity index (χ4n) is 2.28. The average Bonchev–Trinajstić information content (AvgIpc) is 2.33. The van der Waals surface area contributed by atoms with Crippen molar-refractivity contribution >= 4 is 0 Å². The first kappa shape index (κ1) is 13.2. The molecule has 0 atom stereocenters. The molecule has 0 radical (unpaired) electrons. The van der Waals surface area contributed by atoms with Gasteiger partial charge in [0.05, 0.1) is 0 Å². The minimum atomic E-state index is 0.309. The van der Waals surface area contributed by atoms with Gasteiger partial charge in [0.25, 0.3) is 0 Å². The molecule has 0 heterocycles. The van der Waals surface area contributed by atoms with Gasteiger partial charge in [0, 0.05) is 12.0 Å². The molecule has 0 fully saturated rings. The molecule has 0 aliphatic rings. The first-order chi connectivity index (χ1) is 7.68. The van der Waals surface area contributed by atoms with Crippen molar-refractivity contribution in [1.29, 1.82) is 0 Å². The monoisotopic (exact) mass is 219 g/mol. The molecule has 1 aromatic rings. The Bertz CT molecular complexity index is 296. The number of likely N-dealkylation sites (N-methyl/N-ethyl adjacent to an activating group) is 1. The lowest BCUT2D eigenvalue weighted by molar-refractivity contribution is 0.372. The van der Waals surface area contributed by atoms with E-state index in [0.717, 1.165) is 13.1 Å². The first-order valence-corrected chi connectivity index (χ1v) is 6.46. The van der Waals surface area contributed by atoms with Crippen molar-refractivity contribution in [2.75, 3.05) is 13.1 Å². The summed E-state index contributed by atoms with van der Waals surface area (Å²) in [5, 5.41) is 3.50. The molecule has 0 aliphatic carbocycles. The van der Waals surface area contributed by atoms with Gasteiger partial charge >= 0.3 is 0 Å². The molecule has 90 valence electrons. The molecule has 0 bridgehead atoms. The van der Waals surface area contributed by atoms with Gasteiger partial charge in [-0.25, -0.2) is 0 Å². The molecular formula is C15H25N. The predicted molar refractivity (Wildman–Crippen MR) is 72.0 cm³/mol. The third-order valence-electron chi connectivity index (χ3n) is 3.73. The molecule has 0 aromatic heterocycles. The van der Waals surface area contributed by atoms with Gasteiger partial charge in [0.15, 0.2) is 0 Å². The Morgan fingerprint density at radius 3 is 2.00 bits per heavy atom. The zero-order valence-corrected chi connectivity index (χ0v) is 11.1. The van der Waals surface area contributed by atoms with Crippen LogP contribution >= 0.6 is 0 Å². The number of aryl methyl sites for hydroxylation is 1. The number of hydrogen-bond acceptors (Lipinski definition) is 1. The van der Waals surface area contributed by atoms with Gasteiger partial charge in [-0.05, 0) is 31.9 Å². The van der Waals surface area contributed by atoms with Crippen LogP contribution in [0.1, 0.15) is 44.7 Å². The van der Waals surface area contributed by atoms with Gasteiger partial charge in [0.2, 0.25) is 0 Å². The van der Waals surface area contributed by atoms with Gasteiger partial charge in [-0.15, -0.1) is 0 Å². The predicted octanol–water partition coefficient (Wildman–Crippen LogP) is 3.66. The molecule has 1 N–H and O–H groups in total. The van der Waals surface area contributed by atoms with Crippen LogP contribution in [0.5, 0.6) is 0 Å². The van der Waals surface area contributed by atoms with Gasteiger partial charge < -0.3 is 5.32 Å². The van der Waals surface area contributed by atoms with Crippen molar-refractivity contribution in [3.05, 3.63) is 35.4 Å². The lowest BCUT2D eigenvalue weighted by atomic mass is 9.75. The van der Waals surface area contributed by atoms with Crippen LogP contribution in [0.25, 0.3) is 0 Å². The lowest BCUT2D eigenvalue weighted by Crippen LogP contribution is -2.37. The van der Waals surface area contributed by atoms with E-state index >= 15 is 0 Å². The summed E-state index contributed by atoms with van der Waals surface area (Å²) in [5.41, 5.74) is 3.13. The molecule has 0 unspecified atom stereocenters. The summed E-state index contributed by atoms with van der Waals surface area (Å²) in [4.78, 5) is 0. The minimum Gasteiger partial charge on any atom is -0.316 e. The highest BCUT2D eigenvalue weighted by atomic mass is 14.9. The zero-order valence-electron chi connectivity index (χ0n) is 11.1. The van der Waals surface area contributed by atoms with E-state index in [4.69, 9.17) is 0 Å². The van der Waals surface area contributed by atoms with Crippen LogP contribution in [-0.2, 0) is 5.41 Å². The summed E-state index contributed by atoms with van der Waals surface area (Å²) < 4.78 is 0. The largest absolute Gasteiger partial charge is 0.316 e. The van der Waals surface area contributed by atoms with Crippen LogP contribution in [0, 0.1) is 6.92 Å². The first-order valence-electron chi connectivity index (χ1n) is 6.46. The van der Waals surface area contributed by atoms with Gasteiger partial charge in [-0.3, -0.25) is 0 Å². The minimum absolute atomic E-state index is 0.309. The third kappa shape index (κ3) is 2.85. The molecule has 1 nitrogen and oxygen atoms in total. The van der Waals surface area contributed by atoms with Gasteiger partial charge in [-0.2, -0.15) is 0 Å². The fraction of sp³-hybridized carbons (Fsp3) is 0.600. The van der Waals surface area contributed by atoms with Crippen LogP contribution in [0.15, 0.2) is 24.3 Å². The maximum atomic E-state index is 3.50. The van der Waals surface area contributed by atoms with Crippen LogP contribution in [0.2, 0.25) is 0 Å². The quantitative estimate of drug-likeness (QED) is 0.770. The smallest absolute Gasteiger partial charge is 0.00725 e. The van der Waals surface area contributed by atoms with E-state index in [9.17, 15) is 0 Å². The Hall–Kier alpha value is -0.820. The van der Waals surface area contributed by atoms with Crippen LogP contribution < -0.4 is 5.32 Å². The van der Waals surface area contributed by atoms with Crippen LogP contribution in [0.3, 0.4) is 0 Å². The van der Waals surface area contributed by atoms with E-state index < -0.39 is 0 Å². The third-order valence-corrected chi connectivity index (χ3v) is 3.73. The number of benzene rings is 1. The van der Waals surface area contributed by atoms with Gasteiger partial charge in [0.1, 0.15) is 0 Å². The summed E-state index contributed by atoms with van der Waals surface area (Å²) in [6, 6.07) is 9.03. The Labute approximate surface area is 100 Å². The maximum absolute atomic E-state index is 3.50. The number of nitrogens with one attached hydrogen (secondary N) is 1. The molecule has 0 amide bonds. The summed E-state index contributed by atoms with van der Waals surface area (Å²) in [6.07, 6.45) is 2.39. The molecule has 1 heteroatoms. The molecular weight excluding hydrogens is 194 g/mol. The fourth-order valence-corrected chi connectivity index (χ4v) is 2.28. The van der Waals surface area contributed by atoms with E-state index in [0.29, 0.717) is 5.41 Å². The van der Waals surface area contributed by atoms with E-state index in [1.165, 1.54) is 24.0 Å². The van der Waals surface area contributed by atoms with Crippen LogP contribution in [-0.4, -0.2) is 13.1 Å². The van der Waals surface area contributed by atoms with Gasteiger partial charge in [-0.1, -0.05) is 50.6 Å².